The van der Waals surface area contributed by atoms with E-state index in [9.17, 15) is 9.59 Å². The van der Waals surface area contributed by atoms with Crippen molar-refractivity contribution in [2.75, 3.05) is 11.4 Å². The molecule has 1 atom stereocenters. The number of carbonyl (C=O) groups excluding carboxylic acids is 2. The first kappa shape index (κ1) is 16.1. The molecule has 5 heteroatoms. The summed E-state index contributed by atoms with van der Waals surface area (Å²) in [6, 6.07) is 6.32. The third-order valence-corrected chi connectivity index (χ3v) is 5.48. The highest BCUT2D eigenvalue weighted by molar-refractivity contribution is 8.18. The SMILES string of the molecule is CCN1c2ccc(/C=C3/SC(=O)NC3=O)cc2C(C)CC1(C)C. The highest BCUT2D eigenvalue weighted by atomic mass is 32.2. The summed E-state index contributed by atoms with van der Waals surface area (Å²) in [4.78, 5) is 25.9. The van der Waals surface area contributed by atoms with Gasteiger partial charge in [0, 0.05) is 17.8 Å². The van der Waals surface area contributed by atoms with Gasteiger partial charge in [-0.25, -0.2) is 0 Å². The summed E-state index contributed by atoms with van der Waals surface area (Å²) in [7, 11) is 0. The summed E-state index contributed by atoms with van der Waals surface area (Å²) >= 11 is 0.963. The average molecular weight is 330 g/mol. The number of imide groups is 1. The van der Waals surface area contributed by atoms with Crippen LogP contribution in [0.4, 0.5) is 10.5 Å². The molecule has 122 valence electrons. The number of nitrogens with zero attached hydrogens (tertiary/aromatic N) is 1. The minimum absolute atomic E-state index is 0.148. The number of fused-ring (bicyclic) bond motifs is 1. The van der Waals surface area contributed by atoms with E-state index in [0.29, 0.717) is 10.8 Å². The van der Waals surface area contributed by atoms with Crippen molar-refractivity contribution >= 4 is 34.7 Å². The second-order valence-corrected chi connectivity index (χ2v) is 7.85. The maximum atomic E-state index is 11.7. The Morgan fingerprint density at radius 2 is 2.13 bits per heavy atom. The van der Waals surface area contributed by atoms with Gasteiger partial charge in [0.1, 0.15) is 0 Å². The van der Waals surface area contributed by atoms with E-state index in [1.165, 1.54) is 11.3 Å². The second kappa shape index (κ2) is 5.71. The van der Waals surface area contributed by atoms with Crippen molar-refractivity contribution in [1.29, 1.82) is 0 Å². The lowest BCUT2D eigenvalue weighted by molar-refractivity contribution is -0.115. The van der Waals surface area contributed by atoms with Gasteiger partial charge in [-0.1, -0.05) is 13.0 Å². The molecule has 1 saturated heterocycles. The Hall–Kier alpha value is -1.75. The van der Waals surface area contributed by atoms with Gasteiger partial charge in [0.25, 0.3) is 11.1 Å². The lowest BCUT2D eigenvalue weighted by Crippen LogP contribution is -2.48. The summed E-state index contributed by atoms with van der Waals surface area (Å²) in [5.74, 6) is 0.162. The third kappa shape index (κ3) is 2.90. The molecule has 1 fully saturated rings. The maximum Gasteiger partial charge on any atom is 0.290 e. The minimum atomic E-state index is -0.304. The van der Waals surface area contributed by atoms with Gasteiger partial charge in [0.2, 0.25) is 0 Å². The van der Waals surface area contributed by atoms with E-state index in [0.717, 1.165) is 30.3 Å². The van der Waals surface area contributed by atoms with E-state index in [1.54, 1.807) is 6.08 Å². The fourth-order valence-corrected chi connectivity index (χ4v) is 4.45. The molecule has 23 heavy (non-hydrogen) atoms. The van der Waals surface area contributed by atoms with Gasteiger partial charge in [-0.3, -0.25) is 14.9 Å². The summed E-state index contributed by atoms with van der Waals surface area (Å²) < 4.78 is 0. The fourth-order valence-electron chi connectivity index (χ4n) is 3.77. The Morgan fingerprint density at radius 1 is 1.39 bits per heavy atom. The quantitative estimate of drug-likeness (QED) is 0.829. The number of nitrogens with one attached hydrogen (secondary N) is 1. The first-order valence-corrected chi connectivity index (χ1v) is 8.80. The Bertz CT molecular complexity index is 709. The van der Waals surface area contributed by atoms with Gasteiger partial charge in [-0.15, -0.1) is 0 Å². The van der Waals surface area contributed by atoms with Crippen molar-refractivity contribution < 1.29 is 9.59 Å². The van der Waals surface area contributed by atoms with Gasteiger partial charge in [0.05, 0.1) is 4.91 Å². The van der Waals surface area contributed by atoms with Gasteiger partial charge < -0.3 is 4.90 Å². The summed E-state index contributed by atoms with van der Waals surface area (Å²) in [6.45, 7) is 9.99. The van der Waals surface area contributed by atoms with Gasteiger partial charge in [-0.2, -0.15) is 0 Å². The molecule has 2 aliphatic heterocycles. The number of amides is 2. The van der Waals surface area contributed by atoms with E-state index in [-0.39, 0.29) is 16.7 Å². The molecular formula is C18H22N2O2S. The molecule has 1 N–H and O–H groups in total. The van der Waals surface area contributed by atoms with Gasteiger partial charge >= 0.3 is 0 Å². The molecular weight excluding hydrogens is 308 g/mol. The highest BCUT2D eigenvalue weighted by Gasteiger charge is 2.35. The van der Waals surface area contributed by atoms with Crippen LogP contribution >= 0.6 is 11.8 Å². The predicted molar refractivity (Wildman–Crippen MR) is 95.7 cm³/mol. The Morgan fingerprint density at radius 3 is 2.74 bits per heavy atom. The van der Waals surface area contributed by atoms with Gasteiger partial charge in [0.15, 0.2) is 0 Å². The topological polar surface area (TPSA) is 49.4 Å². The largest absolute Gasteiger partial charge is 0.366 e. The second-order valence-electron chi connectivity index (χ2n) is 6.83. The number of benzene rings is 1. The molecule has 0 saturated carbocycles. The molecule has 0 bridgehead atoms. The molecule has 2 heterocycles. The van der Waals surface area contributed by atoms with Crippen LogP contribution in [0.25, 0.3) is 6.08 Å². The van der Waals surface area contributed by atoms with Crippen molar-refractivity contribution in [1.82, 2.24) is 5.32 Å². The summed E-state index contributed by atoms with van der Waals surface area (Å²) in [5, 5.41) is 1.99. The lowest BCUT2D eigenvalue weighted by Gasteiger charge is -2.47. The van der Waals surface area contributed by atoms with Gasteiger partial charge in [-0.05, 0) is 74.2 Å². The standard InChI is InChI=1S/C18H22N2O2S/c1-5-20-14-7-6-12(9-15-16(21)19-17(22)23-15)8-13(14)11(2)10-18(20,3)4/h6-9,11H,5,10H2,1-4H3,(H,19,21,22)/b15-9+. The van der Waals surface area contributed by atoms with Crippen molar-refractivity contribution in [3.05, 3.63) is 34.2 Å². The van der Waals surface area contributed by atoms with E-state index < -0.39 is 0 Å². The van der Waals surface area contributed by atoms with Crippen LogP contribution in [0.3, 0.4) is 0 Å². The normalized spacial score (nSPS) is 24.8. The van der Waals surface area contributed by atoms with Crippen LogP contribution < -0.4 is 10.2 Å². The summed E-state index contributed by atoms with van der Waals surface area (Å²) in [5.41, 5.74) is 3.71. The van der Waals surface area contributed by atoms with E-state index >= 15 is 0 Å². The van der Waals surface area contributed by atoms with Crippen LogP contribution in [0.1, 0.15) is 51.2 Å². The molecule has 1 aromatic carbocycles. The van der Waals surface area contributed by atoms with Crippen LogP contribution in [0.2, 0.25) is 0 Å². The molecule has 0 radical (unpaired) electrons. The van der Waals surface area contributed by atoms with E-state index in [2.05, 4.69) is 50.0 Å². The number of rotatable bonds is 2. The van der Waals surface area contributed by atoms with Crippen molar-refractivity contribution in [3.8, 4) is 0 Å². The average Bonchev–Trinajstić information content (AvgIpc) is 2.77. The van der Waals surface area contributed by atoms with Crippen LogP contribution in [0.5, 0.6) is 0 Å². The van der Waals surface area contributed by atoms with Crippen LogP contribution in [0.15, 0.2) is 23.1 Å². The smallest absolute Gasteiger partial charge is 0.290 e. The molecule has 2 aliphatic rings. The van der Waals surface area contributed by atoms with Crippen molar-refractivity contribution in [2.24, 2.45) is 0 Å². The first-order valence-electron chi connectivity index (χ1n) is 7.98. The maximum absolute atomic E-state index is 11.7. The third-order valence-electron chi connectivity index (χ3n) is 4.67. The van der Waals surface area contributed by atoms with Crippen LogP contribution in [0, 0.1) is 0 Å². The number of anilines is 1. The number of hydrogen-bond donors (Lipinski definition) is 1. The zero-order valence-electron chi connectivity index (χ0n) is 14.0. The van der Waals surface area contributed by atoms with Crippen LogP contribution in [-0.4, -0.2) is 23.2 Å². The molecule has 0 aromatic heterocycles. The Labute approximate surface area is 141 Å². The Kier molecular flexibility index (Phi) is 4.00. The Balaban J connectivity index is 2.00. The first-order chi connectivity index (χ1) is 10.8. The lowest BCUT2D eigenvalue weighted by atomic mass is 9.79. The van der Waals surface area contributed by atoms with E-state index in [1.807, 2.05) is 6.07 Å². The van der Waals surface area contributed by atoms with Crippen molar-refractivity contribution in [2.45, 2.75) is 45.6 Å². The fraction of sp³-hybridized carbons (Fsp3) is 0.444. The van der Waals surface area contributed by atoms with Crippen LogP contribution in [-0.2, 0) is 4.79 Å². The molecule has 0 spiro atoms. The molecule has 3 rings (SSSR count). The molecule has 1 aromatic rings. The minimum Gasteiger partial charge on any atom is -0.366 e. The number of hydrogen-bond acceptors (Lipinski definition) is 4. The molecule has 2 amide bonds. The van der Waals surface area contributed by atoms with E-state index in [4.69, 9.17) is 0 Å². The molecule has 0 aliphatic carbocycles. The number of thioether (sulfide) groups is 1. The molecule has 1 unspecified atom stereocenters. The van der Waals surface area contributed by atoms with Crippen molar-refractivity contribution in [3.63, 3.8) is 0 Å². The highest BCUT2D eigenvalue weighted by Crippen LogP contribution is 2.43. The zero-order chi connectivity index (χ0) is 16.8. The molecule has 4 nitrogen and oxygen atoms in total. The zero-order valence-corrected chi connectivity index (χ0v) is 14.8. The summed E-state index contributed by atoms with van der Waals surface area (Å²) in [6.07, 6.45) is 2.90. The predicted octanol–water partition coefficient (Wildman–Crippen LogP) is 4.12. The monoisotopic (exact) mass is 330 g/mol. The number of carbonyl (C=O) groups is 2.